The van der Waals surface area contributed by atoms with E-state index in [1.807, 2.05) is 12.1 Å². The van der Waals surface area contributed by atoms with E-state index in [-0.39, 0.29) is 5.78 Å². The first-order chi connectivity index (χ1) is 11.9. The summed E-state index contributed by atoms with van der Waals surface area (Å²) in [5, 5.41) is 6.70. The molecule has 0 saturated heterocycles. The second-order valence-corrected chi connectivity index (χ2v) is 6.84. The number of carbonyl (C=O) groups is 1. The van der Waals surface area contributed by atoms with E-state index in [1.165, 1.54) is 0 Å². The van der Waals surface area contributed by atoms with E-state index in [2.05, 4.69) is 38.3 Å². The maximum Gasteiger partial charge on any atom is 0.163 e. The summed E-state index contributed by atoms with van der Waals surface area (Å²) >= 11 is 0. The van der Waals surface area contributed by atoms with Crippen LogP contribution in [0.15, 0.2) is 18.2 Å². The van der Waals surface area contributed by atoms with E-state index in [0.29, 0.717) is 42.4 Å². The third-order valence-electron chi connectivity index (χ3n) is 3.60. The number of hydrogen-bond acceptors (Lipinski definition) is 5. The number of nitrogens with one attached hydrogen (secondary N) is 2. The van der Waals surface area contributed by atoms with Crippen LogP contribution >= 0.6 is 0 Å². The van der Waals surface area contributed by atoms with Gasteiger partial charge in [-0.1, -0.05) is 27.7 Å². The Kier molecular flexibility index (Phi) is 10.2. The first-order valence-electron chi connectivity index (χ1n) is 9.27. The van der Waals surface area contributed by atoms with Gasteiger partial charge in [0.05, 0.1) is 18.8 Å². The molecule has 1 aromatic rings. The van der Waals surface area contributed by atoms with Gasteiger partial charge in [0.2, 0.25) is 0 Å². The Morgan fingerprint density at radius 3 is 2.04 bits per heavy atom. The van der Waals surface area contributed by atoms with Gasteiger partial charge in [0.25, 0.3) is 0 Å². The van der Waals surface area contributed by atoms with Crippen molar-refractivity contribution in [1.82, 2.24) is 10.6 Å². The van der Waals surface area contributed by atoms with Gasteiger partial charge in [0.15, 0.2) is 5.78 Å². The van der Waals surface area contributed by atoms with Crippen LogP contribution < -0.4 is 20.1 Å². The highest BCUT2D eigenvalue weighted by Gasteiger charge is 2.10. The van der Waals surface area contributed by atoms with Gasteiger partial charge in [-0.2, -0.15) is 0 Å². The molecule has 0 saturated carbocycles. The molecule has 1 rings (SSSR count). The summed E-state index contributed by atoms with van der Waals surface area (Å²) in [5.74, 6) is 1.33. The molecule has 0 unspecified atom stereocenters. The van der Waals surface area contributed by atoms with Crippen molar-refractivity contribution in [3.05, 3.63) is 23.8 Å². The molecule has 0 aromatic heterocycles. The minimum atomic E-state index is -0.0118. The molecular formula is C20H34N2O3. The Morgan fingerprint density at radius 2 is 1.52 bits per heavy atom. The summed E-state index contributed by atoms with van der Waals surface area (Å²) in [6.45, 7) is 13.1. The fourth-order valence-corrected chi connectivity index (χ4v) is 2.30. The van der Waals surface area contributed by atoms with Crippen molar-refractivity contribution in [2.75, 3.05) is 26.3 Å². The van der Waals surface area contributed by atoms with Gasteiger partial charge in [-0.15, -0.1) is 0 Å². The zero-order valence-corrected chi connectivity index (χ0v) is 16.4. The average Bonchev–Trinajstić information content (AvgIpc) is 2.54. The highest BCUT2D eigenvalue weighted by molar-refractivity contribution is 5.97. The van der Waals surface area contributed by atoms with Crippen molar-refractivity contribution >= 4 is 5.78 Å². The lowest BCUT2D eigenvalue weighted by atomic mass is 10.1. The van der Waals surface area contributed by atoms with Crippen LogP contribution in [0.4, 0.5) is 0 Å². The van der Waals surface area contributed by atoms with E-state index >= 15 is 0 Å². The monoisotopic (exact) mass is 350 g/mol. The second-order valence-electron chi connectivity index (χ2n) is 6.84. The topological polar surface area (TPSA) is 59.6 Å². The molecule has 2 N–H and O–H groups in total. The van der Waals surface area contributed by atoms with Crippen LogP contribution in [-0.2, 0) is 0 Å². The van der Waals surface area contributed by atoms with Gasteiger partial charge in [0.1, 0.15) is 11.5 Å². The quantitative estimate of drug-likeness (QED) is 0.422. The van der Waals surface area contributed by atoms with Gasteiger partial charge in [-0.25, -0.2) is 0 Å². The minimum absolute atomic E-state index is 0.0118. The van der Waals surface area contributed by atoms with E-state index in [9.17, 15) is 4.79 Å². The van der Waals surface area contributed by atoms with E-state index in [1.54, 1.807) is 13.0 Å². The summed E-state index contributed by atoms with van der Waals surface area (Å²) in [7, 11) is 0. The Bertz CT molecular complexity index is 516. The zero-order chi connectivity index (χ0) is 18.7. The Labute approximate surface area is 152 Å². The van der Waals surface area contributed by atoms with E-state index < -0.39 is 0 Å². The number of carbonyl (C=O) groups excluding carboxylic acids is 1. The van der Waals surface area contributed by atoms with Crippen molar-refractivity contribution in [3.63, 3.8) is 0 Å². The van der Waals surface area contributed by atoms with Gasteiger partial charge in [0, 0.05) is 12.1 Å². The largest absolute Gasteiger partial charge is 0.494 e. The molecule has 0 aliphatic carbocycles. The van der Waals surface area contributed by atoms with Crippen molar-refractivity contribution in [2.45, 2.75) is 59.5 Å². The molecule has 0 heterocycles. The third kappa shape index (κ3) is 9.46. The van der Waals surface area contributed by atoms with Crippen LogP contribution in [0, 0.1) is 0 Å². The number of benzene rings is 1. The Balaban J connectivity index is 2.47. The lowest BCUT2D eigenvalue weighted by Gasteiger charge is -2.13. The third-order valence-corrected chi connectivity index (χ3v) is 3.60. The van der Waals surface area contributed by atoms with Gasteiger partial charge >= 0.3 is 0 Å². The molecule has 0 spiro atoms. The van der Waals surface area contributed by atoms with Crippen LogP contribution in [-0.4, -0.2) is 44.2 Å². The maximum atomic E-state index is 11.9. The Morgan fingerprint density at radius 1 is 0.960 bits per heavy atom. The average molecular weight is 351 g/mol. The molecule has 0 aliphatic rings. The molecule has 0 aliphatic heterocycles. The first kappa shape index (κ1) is 21.5. The summed E-state index contributed by atoms with van der Waals surface area (Å²) < 4.78 is 11.5. The molecule has 0 fully saturated rings. The SMILES string of the molecule is CC(=O)c1cc(OCCCNC(C)C)ccc1OCCCNC(C)C. The fraction of sp³-hybridized carbons (Fsp3) is 0.650. The highest BCUT2D eigenvalue weighted by Crippen LogP contribution is 2.25. The maximum absolute atomic E-state index is 11.9. The summed E-state index contributed by atoms with van der Waals surface area (Å²) in [6.07, 6.45) is 1.82. The van der Waals surface area contributed by atoms with Crippen molar-refractivity contribution < 1.29 is 14.3 Å². The molecule has 5 nitrogen and oxygen atoms in total. The summed E-state index contributed by atoms with van der Waals surface area (Å²) in [6, 6.07) is 6.43. The number of rotatable bonds is 13. The normalized spacial score (nSPS) is 11.2. The van der Waals surface area contributed by atoms with E-state index in [0.717, 1.165) is 25.9 Å². The summed E-state index contributed by atoms with van der Waals surface area (Å²) in [5.41, 5.74) is 0.578. The second kappa shape index (κ2) is 11.9. The van der Waals surface area contributed by atoms with Gasteiger partial charge in [-0.3, -0.25) is 4.79 Å². The van der Waals surface area contributed by atoms with Crippen LogP contribution in [0.25, 0.3) is 0 Å². The number of ketones is 1. The first-order valence-corrected chi connectivity index (χ1v) is 9.27. The van der Waals surface area contributed by atoms with Crippen molar-refractivity contribution in [1.29, 1.82) is 0 Å². The molecule has 0 amide bonds. The molecule has 0 atom stereocenters. The molecule has 5 heteroatoms. The fourth-order valence-electron chi connectivity index (χ4n) is 2.30. The minimum Gasteiger partial charge on any atom is -0.494 e. The van der Waals surface area contributed by atoms with Crippen LogP contribution in [0.3, 0.4) is 0 Å². The molecule has 1 aromatic carbocycles. The molecule has 0 bridgehead atoms. The number of hydrogen-bond donors (Lipinski definition) is 2. The number of ether oxygens (including phenoxy) is 2. The molecule has 142 valence electrons. The predicted octanol–water partition coefficient (Wildman–Crippen LogP) is 3.42. The molecule has 25 heavy (non-hydrogen) atoms. The standard InChI is InChI=1S/C20H34N2O3/c1-15(2)21-10-6-12-24-18-8-9-20(19(14-18)17(5)23)25-13-7-11-22-16(3)4/h8-9,14-16,21-22H,6-7,10-13H2,1-5H3. The van der Waals surface area contributed by atoms with Gasteiger partial charge in [-0.05, 0) is 51.1 Å². The summed E-state index contributed by atoms with van der Waals surface area (Å²) in [4.78, 5) is 11.9. The van der Waals surface area contributed by atoms with Crippen LogP contribution in [0.2, 0.25) is 0 Å². The van der Waals surface area contributed by atoms with Crippen molar-refractivity contribution in [2.24, 2.45) is 0 Å². The van der Waals surface area contributed by atoms with Crippen molar-refractivity contribution in [3.8, 4) is 11.5 Å². The smallest absolute Gasteiger partial charge is 0.163 e. The molecule has 0 radical (unpaired) electrons. The zero-order valence-electron chi connectivity index (χ0n) is 16.4. The molecular weight excluding hydrogens is 316 g/mol. The lowest BCUT2D eigenvalue weighted by Crippen LogP contribution is -2.25. The van der Waals surface area contributed by atoms with Crippen LogP contribution in [0.5, 0.6) is 11.5 Å². The van der Waals surface area contributed by atoms with E-state index in [4.69, 9.17) is 9.47 Å². The van der Waals surface area contributed by atoms with Gasteiger partial charge < -0.3 is 20.1 Å². The highest BCUT2D eigenvalue weighted by atomic mass is 16.5. The predicted molar refractivity (Wildman–Crippen MR) is 103 cm³/mol. The van der Waals surface area contributed by atoms with Crippen LogP contribution in [0.1, 0.15) is 57.8 Å². The Hall–Kier alpha value is -1.59. The number of Topliss-reactive ketones (excluding diaryl/α,β-unsaturated/α-hetero) is 1. The lowest BCUT2D eigenvalue weighted by molar-refractivity contribution is 0.101.